The van der Waals surface area contributed by atoms with Crippen molar-refractivity contribution in [3.8, 4) is 0 Å². The highest BCUT2D eigenvalue weighted by molar-refractivity contribution is 7.93. The predicted molar refractivity (Wildman–Crippen MR) is 95.1 cm³/mol. The average molecular weight is 357 g/mol. The maximum Gasteiger partial charge on any atom is 0.336 e. The number of thiophene rings is 1. The zero-order chi connectivity index (χ0) is 16.7. The first-order valence-electron chi connectivity index (χ1n) is 7.06. The Bertz CT molecular complexity index is 1220. The molecule has 0 saturated carbocycles. The third-order valence-corrected chi connectivity index (χ3v) is 6.14. The molecule has 1 N–H and O–H groups in total. The molecule has 5 nitrogen and oxygen atoms in total. The number of anilines is 1. The molecule has 2 aromatic carbocycles. The van der Waals surface area contributed by atoms with E-state index in [4.69, 9.17) is 4.42 Å². The number of sulfonamides is 1. The first-order valence-corrected chi connectivity index (χ1v) is 9.42. The van der Waals surface area contributed by atoms with Crippen molar-refractivity contribution in [2.45, 2.75) is 4.90 Å². The first-order chi connectivity index (χ1) is 11.5. The Hall–Kier alpha value is -2.64. The van der Waals surface area contributed by atoms with Gasteiger partial charge in [0.05, 0.1) is 0 Å². The van der Waals surface area contributed by atoms with Gasteiger partial charge in [-0.15, -0.1) is 11.3 Å². The summed E-state index contributed by atoms with van der Waals surface area (Å²) in [5.74, 6) is 0. The molecule has 0 amide bonds. The van der Waals surface area contributed by atoms with Crippen molar-refractivity contribution in [1.82, 2.24) is 0 Å². The molecule has 120 valence electrons. The van der Waals surface area contributed by atoms with E-state index < -0.39 is 15.6 Å². The molecular formula is C17H11NO4S2. The van der Waals surface area contributed by atoms with Crippen LogP contribution in [0.15, 0.2) is 74.1 Å². The van der Waals surface area contributed by atoms with Gasteiger partial charge in [0, 0.05) is 32.6 Å². The van der Waals surface area contributed by atoms with E-state index in [0.717, 1.165) is 4.70 Å². The Morgan fingerprint density at radius 1 is 1.00 bits per heavy atom. The van der Waals surface area contributed by atoms with E-state index in [1.165, 1.54) is 17.4 Å². The molecule has 4 rings (SSSR count). The monoisotopic (exact) mass is 357 g/mol. The molecule has 0 atom stereocenters. The molecule has 24 heavy (non-hydrogen) atoms. The van der Waals surface area contributed by atoms with Crippen LogP contribution in [0.5, 0.6) is 0 Å². The number of fused-ring (bicyclic) bond motifs is 2. The summed E-state index contributed by atoms with van der Waals surface area (Å²) in [7, 11) is -3.71. The summed E-state index contributed by atoms with van der Waals surface area (Å²) in [4.78, 5) is 11.5. The number of rotatable bonds is 3. The Kier molecular flexibility index (Phi) is 3.40. The van der Waals surface area contributed by atoms with E-state index in [0.29, 0.717) is 22.0 Å². The van der Waals surface area contributed by atoms with Crippen LogP contribution in [0.25, 0.3) is 21.1 Å². The van der Waals surface area contributed by atoms with Crippen LogP contribution in [-0.2, 0) is 10.0 Å². The van der Waals surface area contributed by atoms with Crippen molar-refractivity contribution in [2.75, 3.05) is 4.72 Å². The van der Waals surface area contributed by atoms with Gasteiger partial charge in [0.25, 0.3) is 10.0 Å². The average Bonchev–Trinajstić information content (AvgIpc) is 2.99. The molecule has 0 saturated heterocycles. The quantitative estimate of drug-likeness (QED) is 0.566. The molecule has 0 unspecified atom stereocenters. The molecular weight excluding hydrogens is 346 g/mol. The van der Waals surface area contributed by atoms with Gasteiger partial charge in [0.2, 0.25) is 0 Å². The summed E-state index contributed by atoms with van der Waals surface area (Å²) >= 11 is 1.39. The Balaban J connectivity index is 1.76. The lowest BCUT2D eigenvalue weighted by atomic mass is 10.2. The molecule has 0 aliphatic rings. The highest BCUT2D eigenvalue weighted by Gasteiger charge is 2.19. The summed E-state index contributed by atoms with van der Waals surface area (Å²) in [6.07, 6.45) is 0. The molecule has 4 aromatic rings. The SMILES string of the molecule is O=c1ccc2cc(NS(=O)(=O)c3csc4ccccc34)ccc2o1. The van der Waals surface area contributed by atoms with Crippen LogP contribution >= 0.6 is 11.3 Å². The Morgan fingerprint density at radius 2 is 1.83 bits per heavy atom. The fourth-order valence-electron chi connectivity index (χ4n) is 2.51. The second-order valence-corrected chi connectivity index (χ2v) is 7.77. The number of hydrogen-bond acceptors (Lipinski definition) is 5. The molecule has 0 fully saturated rings. The molecule has 7 heteroatoms. The minimum Gasteiger partial charge on any atom is -0.423 e. The highest BCUT2D eigenvalue weighted by atomic mass is 32.2. The van der Waals surface area contributed by atoms with Crippen molar-refractivity contribution in [3.63, 3.8) is 0 Å². The van der Waals surface area contributed by atoms with Gasteiger partial charge in [-0.25, -0.2) is 13.2 Å². The summed E-state index contributed by atoms with van der Waals surface area (Å²) in [6, 6.07) is 15.0. The second-order valence-electron chi connectivity index (χ2n) is 5.21. The van der Waals surface area contributed by atoms with Gasteiger partial charge in [-0.05, 0) is 30.3 Å². The summed E-state index contributed by atoms with van der Waals surface area (Å²) in [5.41, 5.74) is 0.374. The smallest absolute Gasteiger partial charge is 0.336 e. The van der Waals surface area contributed by atoms with Gasteiger partial charge in [0.1, 0.15) is 10.5 Å². The predicted octanol–water partition coefficient (Wildman–Crippen LogP) is 3.81. The van der Waals surface area contributed by atoms with E-state index in [-0.39, 0.29) is 4.90 Å². The standard InChI is InChI=1S/C17H11NO4S2/c19-17-8-5-11-9-12(6-7-14(11)22-17)18-24(20,21)16-10-23-15-4-2-1-3-13(15)16/h1-10,18H. The van der Waals surface area contributed by atoms with Crippen LogP contribution in [-0.4, -0.2) is 8.42 Å². The fraction of sp³-hybridized carbons (Fsp3) is 0. The normalized spacial score (nSPS) is 11.8. The van der Waals surface area contributed by atoms with Crippen LogP contribution in [0.1, 0.15) is 0 Å². The lowest BCUT2D eigenvalue weighted by molar-refractivity contribution is 0.561. The first kappa shape index (κ1) is 14.9. The van der Waals surface area contributed by atoms with Crippen molar-refractivity contribution in [2.24, 2.45) is 0 Å². The molecule has 0 aliphatic carbocycles. The largest absolute Gasteiger partial charge is 0.423 e. The zero-order valence-electron chi connectivity index (χ0n) is 12.2. The maximum atomic E-state index is 12.7. The van der Waals surface area contributed by atoms with Crippen LogP contribution in [0.3, 0.4) is 0 Å². The van der Waals surface area contributed by atoms with Crippen LogP contribution < -0.4 is 10.3 Å². The molecule has 2 aromatic heterocycles. The Labute approximate surface area is 141 Å². The van der Waals surface area contributed by atoms with Crippen molar-refractivity contribution in [3.05, 3.63) is 70.4 Å². The molecule has 2 heterocycles. The van der Waals surface area contributed by atoms with Crippen LogP contribution in [0.4, 0.5) is 5.69 Å². The Morgan fingerprint density at radius 3 is 2.71 bits per heavy atom. The van der Waals surface area contributed by atoms with Gasteiger partial charge in [-0.3, -0.25) is 4.72 Å². The minimum absolute atomic E-state index is 0.253. The molecule has 0 spiro atoms. The summed E-state index contributed by atoms with van der Waals surface area (Å²) in [6.45, 7) is 0. The fourth-order valence-corrected chi connectivity index (χ4v) is 5.06. The summed E-state index contributed by atoms with van der Waals surface area (Å²) < 4.78 is 33.9. The van der Waals surface area contributed by atoms with Crippen LogP contribution in [0, 0.1) is 0 Å². The number of benzene rings is 2. The van der Waals surface area contributed by atoms with Crippen molar-refractivity contribution < 1.29 is 12.8 Å². The number of hydrogen-bond donors (Lipinski definition) is 1. The highest BCUT2D eigenvalue weighted by Crippen LogP contribution is 2.30. The van der Waals surface area contributed by atoms with E-state index in [2.05, 4.69) is 4.72 Å². The molecule has 0 radical (unpaired) electrons. The maximum absolute atomic E-state index is 12.7. The second kappa shape index (κ2) is 5.47. The summed E-state index contributed by atoms with van der Waals surface area (Å²) in [5, 5.41) is 2.97. The van der Waals surface area contributed by atoms with Gasteiger partial charge >= 0.3 is 5.63 Å². The van der Waals surface area contributed by atoms with Gasteiger partial charge in [-0.2, -0.15) is 0 Å². The van der Waals surface area contributed by atoms with E-state index in [9.17, 15) is 13.2 Å². The van der Waals surface area contributed by atoms with Gasteiger partial charge < -0.3 is 4.42 Å². The van der Waals surface area contributed by atoms with E-state index in [1.807, 2.05) is 18.2 Å². The van der Waals surface area contributed by atoms with Crippen molar-refractivity contribution in [1.29, 1.82) is 0 Å². The van der Waals surface area contributed by atoms with E-state index in [1.54, 1.807) is 35.7 Å². The lowest BCUT2D eigenvalue weighted by Crippen LogP contribution is -2.12. The number of nitrogens with one attached hydrogen (secondary N) is 1. The topological polar surface area (TPSA) is 76.4 Å². The van der Waals surface area contributed by atoms with E-state index >= 15 is 0 Å². The minimum atomic E-state index is -3.71. The molecule has 0 aliphatic heterocycles. The van der Waals surface area contributed by atoms with Gasteiger partial charge in [-0.1, -0.05) is 18.2 Å². The lowest BCUT2D eigenvalue weighted by Gasteiger charge is -2.08. The third-order valence-electron chi connectivity index (χ3n) is 3.61. The van der Waals surface area contributed by atoms with Crippen molar-refractivity contribution >= 4 is 48.1 Å². The molecule has 0 bridgehead atoms. The van der Waals surface area contributed by atoms with Gasteiger partial charge in [0.15, 0.2) is 0 Å². The third kappa shape index (κ3) is 2.57. The zero-order valence-corrected chi connectivity index (χ0v) is 13.9. The van der Waals surface area contributed by atoms with Crippen LogP contribution in [0.2, 0.25) is 0 Å².